The van der Waals surface area contributed by atoms with Crippen LogP contribution in [0.3, 0.4) is 0 Å². The van der Waals surface area contributed by atoms with Gasteiger partial charge >= 0.3 is 0 Å². The van der Waals surface area contributed by atoms with Crippen molar-refractivity contribution in [2.24, 2.45) is 16.8 Å². The van der Waals surface area contributed by atoms with E-state index >= 15 is 4.39 Å². The van der Waals surface area contributed by atoms with E-state index in [9.17, 15) is 9.59 Å². The number of benzene rings is 2. The maximum atomic E-state index is 15.5. The highest BCUT2D eigenvalue weighted by Crippen LogP contribution is 2.46. The molecule has 3 aromatic rings. The summed E-state index contributed by atoms with van der Waals surface area (Å²) in [6.45, 7) is 1.84. The largest absolute Gasteiger partial charge is 0.436 e. The predicted octanol–water partition coefficient (Wildman–Crippen LogP) is 4.01. The molecule has 1 saturated heterocycles. The Morgan fingerprint density at radius 3 is 2.71 bits per heavy atom. The first-order valence-electron chi connectivity index (χ1n) is 12.4. The van der Waals surface area contributed by atoms with Crippen molar-refractivity contribution in [3.8, 4) is 11.5 Å². The van der Waals surface area contributed by atoms with Crippen molar-refractivity contribution in [1.29, 1.82) is 0 Å². The molecule has 8 heteroatoms. The summed E-state index contributed by atoms with van der Waals surface area (Å²) >= 11 is 0. The molecule has 2 aliphatic carbocycles. The summed E-state index contributed by atoms with van der Waals surface area (Å²) in [4.78, 5) is 38.5. The molecule has 0 N–H and O–H groups in total. The second-order valence-electron chi connectivity index (χ2n) is 10.3. The Morgan fingerprint density at radius 2 is 1.97 bits per heavy atom. The molecule has 2 aliphatic heterocycles. The number of fused-ring (bicyclic) bond motifs is 1. The van der Waals surface area contributed by atoms with Gasteiger partial charge in [0.15, 0.2) is 5.58 Å². The van der Waals surface area contributed by atoms with Crippen LogP contribution in [0, 0.1) is 17.7 Å². The number of halogens is 1. The van der Waals surface area contributed by atoms with Crippen LogP contribution in [-0.2, 0) is 9.59 Å². The van der Waals surface area contributed by atoms with Crippen LogP contribution in [0.1, 0.15) is 37.7 Å². The fourth-order valence-corrected chi connectivity index (χ4v) is 5.33. The van der Waals surface area contributed by atoms with Crippen LogP contribution in [0.2, 0.25) is 0 Å². The van der Waals surface area contributed by atoms with Gasteiger partial charge in [-0.05, 0) is 68.4 Å². The van der Waals surface area contributed by atoms with Crippen LogP contribution in [0.15, 0.2) is 51.9 Å². The van der Waals surface area contributed by atoms with Crippen LogP contribution in [-0.4, -0.2) is 57.6 Å². The van der Waals surface area contributed by atoms with Crippen molar-refractivity contribution >= 4 is 28.7 Å². The summed E-state index contributed by atoms with van der Waals surface area (Å²) in [5.74, 6) is 0.862. The number of hydrogen-bond donors (Lipinski definition) is 0. The summed E-state index contributed by atoms with van der Waals surface area (Å²) in [5, 5.41) is 0. The first-order chi connectivity index (χ1) is 17.0. The number of carbonyl (C=O) groups excluding carboxylic acids is 2. The lowest BCUT2D eigenvalue weighted by Gasteiger charge is -2.24. The molecular weight excluding hydrogens is 447 g/mol. The number of oxazole rings is 1. The highest BCUT2D eigenvalue weighted by molar-refractivity contribution is 6.16. The zero-order valence-corrected chi connectivity index (χ0v) is 19.2. The van der Waals surface area contributed by atoms with Gasteiger partial charge in [0.05, 0.1) is 5.56 Å². The Hall–Kier alpha value is -3.55. The van der Waals surface area contributed by atoms with Crippen molar-refractivity contribution < 1.29 is 18.4 Å². The molecule has 178 valence electrons. The fourth-order valence-electron chi connectivity index (χ4n) is 5.33. The Kier molecular flexibility index (Phi) is 4.44. The van der Waals surface area contributed by atoms with Gasteiger partial charge in [-0.15, -0.1) is 0 Å². The van der Waals surface area contributed by atoms with Gasteiger partial charge in [0, 0.05) is 31.1 Å². The van der Waals surface area contributed by atoms with Gasteiger partial charge in [0.1, 0.15) is 22.7 Å². The van der Waals surface area contributed by atoms with Crippen LogP contribution in [0.25, 0.3) is 22.6 Å². The third-order valence-electron chi connectivity index (χ3n) is 7.66. The fraction of sp³-hybridized carbons (Fsp3) is 0.407. The monoisotopic (exact) mass is 472 g/mol. The first-order valence-corrected chi connectivity index (χ1v) is 12.4. The minimum atomic E-state index is -0.719. The molecule has 7 rings (SSSR count). The Bertz CT molecular complexity index is 1370. The summed E-state index contributed by atoms with van der Waals surface area (Å²) in [7, 11) is 0. The van der Waals surface area contributed by atoms with Crippen molar-refractivity contribution in [3.63, 3.8) is 0 Å². The second kappa shape index (κ2) is 7.47. The Labute approximate surface area is 201 Å². The molecule has 1 unspecified atom stereocenters. The lowest BCUT2D eigenvalue weighted by atomic mass is 10.1. The Morgan fingerprint density at radius 1 is 1.14 bits per heavy atom. The first kappa shape index (κ1) is 20.8. The molecule has 35 heavy (non-hydrogen) atoms. The van der Waals surface area contributed by atoms with Gasteiger partial charge in [0.2, 0.25) is 11.8 Å². The molecule has 0 bridgehead atoms. The van der Waals surface area contributed by atoms with E-state index in [4.69, 9.17) is 9.41 Å². The maximum absolute atomic E-state index is 15.5. The smallest absolute Gasteiger partial charge is 0.256 e. The number of aromatic nitrogens is 1. The second-order valence-corrected chi connectivity index (χ2v) is 10.3. The van der Waals surface area contributed by atoms with E-state index in [1.807, 2.05) is 29.2 Å². The van der Waals surface area contributed by atoms with Gasteiger partial charge in [-0.1, -0.05) is 12.1 Å². The summed E-state index contributed by atoms with van der Waals surface area (Å²) < 4.78 is 21.2. The van der Waals surface area contributed by atoms with Gasteiger partial charge in [-0.3, -0.25) is 19.5 Å². The molecule has 1 spiro atoms. The number of amidine groups is 1. The zero-order chi connectivity index (χ0) is 23.7. The SMILES string of the molecule is O=C(C1CC1)N1CCC(CN2C(=O)C3(CC3)N=C2c2ccc(-c3nc4ccccc4o3)cc2F)C1. The quantitative estimate of drug-likeness (QED) is 0.562. The molecule has 7 nitrogen and oxygen atoms in total. The highest BCUT2D eigenvalue weighted by Gasteiger charge is 2.58. The number of amides is 2. The van der Waals surface area contributed by atoms with Crippen molar-refractivity contribution in [1.82, 2.24) is 14.8 Å². The van der Waals surface area contributed by atoms with Gasteiger partial charge < -0.3 is 9.32 Å². The summed E-state index contributed by atoms with van der Waals surface area (Å²) in [5.41, 5.74) is 1.48. The van der Waals surface area contributed by atoms with E-state index in [1.54, 1.807) is 17.0 Å². The van der Waals surface area contributed by atoms with E-state index in [0.717, 1.165) is 25.8 Å². The number of aliphatic imine (C=N–C) groups is 1. The minimum absolute atomic E-state index is 0.0399. The Balaban J connectivity index is 1.15. The lowest BCUT2D eigenvalue weighted by Crippen LogP contribution is -2.41. The van der Waals surface area contributed by atoms with Crippen molar-refractivity contribution in [2.45, 2.75) is 37.6 Å². The van der Waals surface area contributed by atoms with Crippen LogP contribution in [0.4, 0.5) is 4.39 Å². The maximum Gasteiger partial charge on any atom is 0.256 e. The lowest BCUT2D eigenvalue weighted by molar-refractivity contribution is -0.131. The van der Waals surface area contributed by atoms with Gasteiger partial charge in [0.25, 0.3) is 5.91 Å². The summed E-state index contributed by atoms with van der Waals surface area (Å²) in [6.07, 6.45) is 4.23. The van der Waals surface area contributed by atoms with E-state index in [1.165, 1.54) is 6.07 Å². The van der Waals surface area contributed by atoms with E-state index in [0.29, 0.717) is 59.9 Å². The number of hydrogen-bond acceptors (Lipinski definition) is 5. The third-order valence-corrected chi connectivity index (χ3v) is 7.66. The van der Waals surface area contributed by atoms with Crippen LogP contribution >= 0.6 is 0 Å². The molecule has 3 heterocycles. The molecule has 4 aliphatic rings. The van der Waals surface area contributed by atoms with E-state index < -0.39 is 11.4 Å². The van der Waals surface area contributed by atoms with E-state index in [-0.39, 0.29) is 23.7 Å². The number of rotatable bonds is 5. The molecule has 3 fully saturated rings. The molecule has 1 aromatic heterocycles. The highest BCUT2D eigenvalue weighted by atomic mass is 19.1. The molecular formula is C27H25FN4O3. The molecule has 0 radical (unpaired) electrons. The van der Waals surface area contributed by atoms with Gasteiger partial charge in [-0.25, -0.2) is 9.37 Å². The normalized spacial score (nSPS) is 22.9. The molecule has 2 aromatic carbocycles. The van der Waals surface area contributed by atoms with Crippen LogP contribution in [0.5, 0.6) is 0 Å². The summed E-state index contributed by atoms with van der Waals surface area (Å²) in [6, 6.07) is 12.2. The molecule has 2 saturated carbocycles. The number of carbonyl (C=O) groups is 2. The number of para-hydroxylation sites is 2. The third kappa shape index (κ3) is 3.46. The van der Waals surface area contributed by atoms with Gasteiger partial charge in [-0.2, -0.15) is 0 Å². The van der Waals surface area contributed by atoms with Crippen molar-refractivity contribution in [2.75, 3.05) is 19.6 Å². The number of likely N-dealkylation sites (tertiary alicyclic amines) is 1. The van der Waals surface area contributed by atoms with Crippen LogP contribution < -0.4 is 0 Å². The van der Waals surface area contributed by atoms with E-state index in [2.05, 4.69) is 4.98 Å². The molecule has 1 atom stereocenters. The molecule has 2 amide bonds. The average molecular weight is 473 g/mol. The van der Waals surface area contributed by atoms with Crippen molar-refractivity contribution in [3.05, 3.63) is 53.8 Å². The average Bonchev–Trinajstić information content (AvgIpc) is 3.75. The zero-order valence-electron chi connectivity index (χ0n) is 19.2. The standard InChI is InChI=1S/C27H25FN4O3/c28-20-13-18(24-29-21-3-1-2-4-22(21)35-24)7-8-19(20)23-30-27(10-11-27)26(34)32(23)15-16-9-12-31(14-16)25(33)17-5-6-17/h1-4,7-8,13,16-17H,5-6,9-12,14-15H2. The predicted molar refractivity (Wildman–Crippen MR) is 127 cm³/mol. The number of nitrogens with zero attached hydrogens (tertiary/aromatic N) is 4. The minimum Gasteiger partial charge on any atom is -0.436 e. The topological polar surface area (TPSA) is 79.0 Å².